The summed E-state index contributed by atoms with van der Waals surface area (Å²) in [6.07, 6.45) is 1.33. The summed E-state index contributed by atoms with van der Waals surface area (Å²) < 4.78 is 12.1. The highest BCUT2D eigenvalue weighted by molar-refractivity contribution is 7.71. The molecule has 2 aromatic heterocycles. The summed E-state index contributed by atoms with van der Waals surface area (Å²) >= 11 is 5.17. The molecular weight excluding hydrogens is 346 g/mol. The van der Waals surface area contributed by atoms with Crippen molar-refractivity contribution in [2.24, 2.45) is 5.10 Å². The van der Waals surface area contributed by atoms with E-state index in [2.05, 4.69) is 15.3 Å². The van der Waals surface area contributed by atoms with Gasteiger partial charge in [0.1, 0.15) is 10.7 Å². The van der Waals surface area contributed by atoms with E-state index in [1.165, 1.54) is 23.0 Å². The highest BCUT2D eigenvalue weighted by Crippen LogP contribution is 2.21. The van der Waals surface area contributed by atoms with Crippen LogP contribution in [0.1, 0.15) is 12.7 Å². The summed E-state index contributed by atoms with van der Waals surface area (Å²) in [5.74, 6) is 1.11. The molecule has 0 aliphatic carbocycles. The van der Waals surface area contributed by atoms with Crippen molar-refractivity contribution in [2.75, 3.05) is 6.61 Å². The normalized spacial score (nSPS) is 11.1. The highest BCUT2D eigenvalue weighted by Gasteiger charge is 2.11. The van der Waals surface area contributed by atoms with E-state index in [9.17, 15) is 10.1 Å². The molecule has 0 atom stereocenters. The Hall–Kier alpha value is -3.27. The Morgan fingerprint density at radius 2 is 2.16 bits per heavy atom. The molecule has 3 rings (SSSR count). The zero-order valence-corrected chi connectivity index (χ0v) is 13.9. The zero-order valence-electron chi connectivity index (χ0n) is 13.1. The monoisotopic (exact) mass is 359 g/mol. The molecule has 25 heavy (non-hydrogen) atoms. The Bertz CT molecular complexity index is 970. The zero-order chi connectivity index (χ0) is 17.8. The van der Waals surface area contributed by atoms with E-state index in [1.54, 1.807) is 0 Å². The van der Waals surface area contributed by atoms with Crippen LogP contribution in [0.15, 0.2) is 45.9 Å². The number of benzene rings is 1. The van der Waals surface area contributed by atoms with E-state index >= 15 is 0 Å². The molecular formula is C15H13N5O4S. The number of nitrogens with zero attached hydrogens (tertiary/aromatic N) is 4. The molecule has 0 aliphatic rings. The van der Waals surface area contributed by atoms with Crippen LogP contribution in [-0.2, 0) is 0 Å². The minimum Gasteiger partial charge on any atom is -0.494 e. The smallest absolute Gasteiger partial charge is 0.433 e. The Labute approximate surface area is 146 Å². The molecule has 1 N–H and O–H groups in total. The van der Waals surface area contributed by atoms with Gasteiger partial charge in [0, 0.05) is 5.56 Å². The molecule has 0 bridgehead atoms. The molecule has 0 spiro atoms. The van der Waals surface area contributed by atoms with Gasteiger partial charge in [-0.3, -0.25) is 10.1 Å². The molecule has 128 valence electrons. The second kappa shape index (κ2) is 7.09. The van der Waals surface area contributed by atoms with Crippen LogP contribution in [0.3, 0.4) is 0 Å². The third-order valence-electron chi connectivity index (χ3n) is 3.17. The van der Waals surface area contributed by atoms with Crippen LogP contribution < -0.4 is 4.74 Å². The lowest BCUT2D eigenvalue weighted by Crippen LogP contribution is -1.95. The number of nitro groups is 1. The average molecular weight is 359 g/mol. The summed E-state index contributed by atoms with van der Waals surface area (Å²) in [7, 11) is 0. The molecule has 2 heterocycles. The van der Waals surface area contributed by atoms with Gasteiger partial charge in [-0.15, -0.1) is 0 Å². The lowest BCUT2D eigenvalue weighted by Gasteiger charge is -2.04. The third kappa shape index (κ3) is 3.63. The minimum absolute atomic E-state index is 0.229. The van der Waals surface area contributed by atoms with Gasteiger partial charge >= 0.3 is 5.88 Å². The lowest BCUT2D eigenvalue weighted by molar-refractivity contribution is -0.402. The Morgan fingerprint density at radius 1 is 1.40 bits per heavy atom. The quantitative estimate of drug-likeness (QED) is 0.312. The van der Waals surface area contributed by atoms with Gasteiger partial charge in [-0.1, -0.05) is 0 Å². The first-order valence-electron chi connectivity index (χ1n) is 7.27. The van der Waals surface area contributed by atoms with Crippen molar-refractivity contribution in [3.05, 3.63) is 57.0 Å². The topological polar surface area (TPSA) is 111 Å². The largest absolute Gasteiger partial charge is 0.494 e. The number of hydrogen-bond donors (Lipinski definition) is 1. The molecule has 0 saturated carbocycles. The van der Waals surface area contributed by atoms with E-state index in [0.29, 0.717) is 12.4 Å². The molecule has 0 radical (unpaired) electrons. The van der Waals surface area contributed by atoms with Crippen molar-refractivity contribution in [1.82, 2.24) is 14.9 Å². The van der Waals surface area contributed by atoms with Crippen LogP contribution in [-0.4, -0.2) is 32.6 Å². The van der Waals surface area contributed by atoms with Crippen molar-refractivity contribution >= 4 is 24.3 Å². The van der Waals surface area contributed by atoms with Gasteiger partial charge in [0.2, 0.25) is 4.77 Å². The second-order valence-corrected chi connectivity index (χ2v) is 5.19. The fraction of sp³-hybridized carbons (Fsp3) is 0.133. The molecule has 0 saturated heterocycles. The van der Waals surface area contributed by atoms with Crippen LogP contribution in [0.25, 0.3) is 11.4 Å². The van der Waals surface area contributed by atoms with E-state index in [1.807, 2.05) is 31.2 Å². The van der Waals surface area contributed by atoms with Gasteiger partial charge in [-0.05, 0) is 49.5 Å². The predicted octanol–water partition coefficient (Wildman–Crippen LogP) is 3.39. The molecule has 3 aromatic rings. The molecule has 0 amide bonds. The molecule has 9 nitrogen and oxygen atoms in total. The predicted molar refractivity (Wildman–Crippen MR) is 92.4 cm³/mol. The lowest BCUT2D eigenvalue weighted by atomic mass is 10.2. The van der Waals surface area contributed by atoms with Crippen LogP contribution in [0.4, 0.5) is 5.88 Å². The highest BCUT2D eigenvalue weighted by atomic mass is 32.1. The van der Waals surface area contributed by atoms with E-state index < -0.39 is 4.92 Å². The van der Waals surface area contributed by atoms with Crippen LogP contribution in [0, 0.1) is 14.9 Å². The van der Waals surface area contributed by atoms with Crippen LogP contribution >= 0.6 is 12.2 Å². The molecule has 10 heteroatoms. The van der Waals surface area contributed by atoms with Crippen molar-refractivity contribution in [1.29, 1.82) is 0 Å². The Balaban J connectivity index is 1.89. The first kappa shape index (κ1) is 16.6. The van der Waals surface area contributed by atoms with Gasteiger partial charge in [0.15, 0.2) is 11.6 Å². The fourth-order valence-corrected chi connectivity index (χ4v) is 2.26. The van der Waals surface area contributed by atoms with Crippen molar-refractivity contribution in [2.45, 2.75) is 6.92 Å². The summed E-state index contributed by atoms with van der Waals surface area (Å²) in [4.78, 5) is 10.0. The standard InChI is InChI=1S/C15H13N5O4S/c1-2-23-11-5-3-10(4-6-11)14-17-18-15(25)19(14)16-9-12-7-8-13(24-12)20(21)22/h3-9H,2H2,1H3,(H,18,25)/b16-9-. The first-order valence-corrected chi connectivity index (χ1v) is 7.68. The number of furan rings is 1. The Morgan fingerprint density at radius 3 is 2.80 bits per heavy atom. The van der Waals surface area contributed by atoms with Gasteiger partial charge in [0.05, 0.1) is 18.9 Å². The van der Waals surface area contributed by atoms with Gasteiger partial charge < -0.3 is 9.15 Å². The van der Waals surface area contributed by atoms with Crippen molar-refractivity contribution < 1.29 is 14.1 Å². The van der Waals surface area contributed by atoms with E-state index in [0.717, 1.165) is 11.3 Å². The van der Waals surface area contributed by atoms with Gasteiger partial charge in [-0.25, -0.2) is 5.10 Å². The summed E-state index contributed by atoms with van der Waals surface area (Å²) in [6, 6.07) is 10.0. The van der Waals surface area contributed by atoms with Crippen LogP contribution in [0.5, 0.6) is 5.75 Å². The Kier molecular flexibility index (Phi) is 4.70. The summed E-state index contributed by atoms with van der Waals surface area (Å²) in [6.45, 7) is 2.49. The number of aromatic amines is 1. The summed E-state index contributed by atoms with van der Waals surface area (Å²) in [5.41, 5.74) is 0.776. The number of hydrogen-bond acceptors (Lipinski definition) is 7. The maximum absolute atomic E-state index is 10.6. The molecule has 0 fully saturated rings. The SMILES string of the molecule is CCOc1ccc(-c2n[nH]c(=S)n2/N=C\c2ccc([N+](=O)[O-])o2)cc1. The van der Waals surface area contributed by atoms with Crippen LogP contribution in [0.2, 0.25) is 0 Å². The maximum Gasteiger partial charge on any atom is 0.433 e. The number of rotatable bonds is 6. The molecule has 0 unspecified atom stereocenters. The number of aromatic nitrogens is 3. The minimum atomic E-state index is -0.619. The molecule has 0 aliphatic heterocycles. The fourth-order valence-electron chi connectivity index (χ4n) is 2.08. The van der Waals surface area contributed by atoms with Gasteiger partial charge in [0.25, 0.3) is 0 Å². The van der Waals surface area contributed by atoms with E-state index in [4.69, 9.17) is 21.4 Å². The summed E-state index contributed by atoms with van der Waals surface area (Å²) in [5, 5.41) is 21.7. The number of ether oxygens (including phenoxy) is 1. The number of nitrogens with one attached hydrogen (secondary N) is 1. The van der Waals surface area contributed by atoms with Crippen molar-refractivity contribution in [3.63, 3.8) is 0 Å². The van der Waals surface area contributed by atoms with Crippen molar-refractivity contribution in [3.8, 4) is 17.1 Å². The van der Waals surface area contributed by atoms with E-state index in [-0.39, 0.29) is 16.4 Å². The van der Waals surface area contributed by atoms with Gasteiger partial charge in [-0.2, -0.15) is 14.9 Å². The second-order valence-electron chi connectivity index (χ2n) is 4.80. The first-order chi connectivity index (χ1) is 12.1. The third-order valence-corrected chi connectivity index (χ3v) is 3.43. The molecule has 1 aromatic carbocycles. The number of H-pyrrole nitrogens is 1. The average Bonchev–Trinajstić information content (AvgIpc) is 3.21. The maximum atomic E-state index is 10.6.